The molecule has 0 amide bonds. The molecule has 0 bridgehead atoms. The summed E-state index contributed by atoms with van der Waals surface area (Å²) in [4.78, 5) is 4.45. The van der Waals surface area contributed by atoms with Crippen molar-refractivity contribution in [3.05, 3.63) is 182 Å². The van der Waals surface area contributed by atoms with E-state index in [1.165, 1.54) is 4.57 Å². The van der Waals surface area contributed by atoms with E-state index < -0.39 is 37.4 Å². The van der Waals surface area contributed by atoms with E-state index in [4.69, 9.17) is 12.3 Å². The average Bonchev–Trinajstić information content (AvgIpc) is 3.68. The van der Waals surface area contributed by atoms with E-state index in [-0.39, 0.29) is 62.7 Å². The van der Waals surface area contributed by atoms with Gasteiger partial charge in [0, 0.05) is 18.9 Å². The van der Waals surface area contributed by atoms with E-state index in [1.807, 2.05) is 60.7 Å². The van der Waals surface area contributed by atoms with Crippen LogP contribution in [0.15, 0.2) is 176 Å². The van der Waals surface area contributed by atoms with Gasteiger partial charge in [-0.05, 0) is 102 Å². The fraction of sp³-hybridized carbons (Fsp3) is 0.0426. The van der Waals surface area contributed by atoms with Gasteiger partial charge < -0.3 is 0 Å². The van der Waals surface area contributed by atoms with Crippen LogP contribution in [0.2, 0.25) is 0 Å². The molecule has 232 valence electrons. The predicted octanol–water partition coefficient (Wildman–Crippen LogP) is 12.6. The smallest absolute Gasteiger partial charge is 0.114 e. The largest absolute Gasteiger partial charge is 0.296 e. The van der Waals surface area contributed by atoms with Crippen molar-refractivity contribution < 1.29 is 17.8 Å². The third-order valence-corrected chi connectivity index (χ3v) is 8.89. The molecule has 0 spiro atoms. The number of benzene rings is 8. The molecule has 0 aliphatic heterocycles. The fourth-order valence-corrected chi connectivity index (χ4v) is 6.74. The Hall–Kier alpha value is -6.25. The topological polar surface area (TPSA) is 17.8 Å². The zero-order valence-electron chi connectivity index (χ0n) is 39.0. The first kappa shape index (κ1) is 18.3. The minimum Gasteiger partial charge on any atom is -0.296 e. The van der Waals surface area contributed by atoms with Gasteiger partial charge in [0.05, 0.1) is 22.0 Å². The molecule has 0 saturated carbocycles. The third-order valence-electron chi connectivity index (χ3n) is 8.89. The van der Waals surface area contributed by atoms with Crippen molar-refractivity contribution >= 4 is 32.6 Å². The Morgan fingerprint density at radius 3 is 1.63 bits per heavy atom. The maximum atomic E-state index is 9.39. The van der Waals surface area contributed by atoms with Crippen molar-refractivity contribution in [1.29, 1.82) is 0 Å². The Bertz CT molecular complexity index is 3220. The van der Waals surface area contributed by atoms with E-state index in [1.54, 1.807) is 66.7 Å². The third kappa shape index (κ3) is 5.01. The minimum absolute atomic E-state index is 0.0842. The lowest BCUT2D eigenvalue weighted by atomic mass is 9.85. The van der Waals surface area contributed by atoms with E-state index in [9.17, 15) is 5.48 Å². The Morgan fingerprint density at radius 2 is 1.02 bits per heavy atom. The number of rotatable bonds is 6. The summed E-state index contributed by atoms with van der Waals surface area (Å²) in [6, 6.07) is 34.5. The second-order valence-electron chi connectivity index (χ2n) is 11.7. The first-order valence-corrected chi connectivity index (χ1v) is 15.8. The number of aryl methyl sites for hydroxylation is 1. The summed E-state index contributed by atoms with van der Waals surface area (Å²) in [6.07, 6.45) is -2.82. The summed E-state index contributed by atoms with van der Waals surface area (Å²) in [6.45, 7) is -3.03. The van der Waals surface area contributed by atoms with Gasteiger partial charge in [-0.2, -0.15) is 0 Å². The highest BCUT2D eigenvalue weighted by atomic mass is 15.1. The lowest BCUT2D eigenvalue weighted by Gasteiger charge is -2.18. The summed E-state index contributed by atoms with van der Waals surface area (Å²) >= 11 is 0. The Kier molecular flexibility index (Phi) is 4.52. The van der Waals surface area contributed by atoms with Gasteiger partial charge in [0.25, 0.3) is 0 Å². The molecular weight excluding hydrogens is 593 g/mol. The normalized spacial score (nSPS) is 15.8. The molecule has 9 aromatic rings. The second-order valence-corrected chi connectivity index (χ2v) is 11.7. The van der Waals surface area contributed by atoms with Crippen molar-refractivity contribution in [2.45, 2.75) is 13.2 Å². The molecule has 0 fully saturated rings. The fourth-order valence-electron chi connectivity index (χ4n) is 6.74. The zero-order valence-corrected chi connectivity index (χ0v) is 26.0. The van der Waals surface area contributed by atoms with Gasteiger partial charge in [0.15, 0.2) is 0 Å². The molecule has 49 heavy (non-hydrogen) atoms. The molecule has 9 rings (SSSR count). The second kappa shape index (κ2) is 12.1. The molecule has 0 unspecified atom stereocenters. The van der Waals surface area contributed by atoms with Crippen molar-refractivity contribution in [2.75, 3.05) is 0 Å². The zero-order chi connectivity index (χ0) is 44.0. The standard InChI is InChI=1S/C47H34N2/c1-2-45-48-43-27-10-11-28-44(43)49(45)38-22-14-19-35(31-38)34-18-13-21-37(30-34)47-41-25-8-6-23-39(41)46(40-24-7-9-26-42(40)47)36-20-12-17-33(29-36)32-15-4-3-5-16-32/h3-31H,2H2,1H3/i1D3,2D2,6D,7D,8D,9D,23D,24D,25D,26D. The number of fused-ring (bicyclic) bond motifs is 3. The van der Waals surface area contributed by atoms with Crippen LogP contribution in [0.3, 0.4) is 0 Å². The van der Waals surface area contributed by atoms with Gasteiger partial charge in [-0.1, -0.05) is 146 Å². The molecule has 2 heteroatoms. The van der Waals surface area contributed by atoms with Crippen molar-refractivity contribution in [2.24, 2.45) is 0 Å². The summed E-state index contributed by atoms with van der Waals surface area (Å²) in [5.41, 5.74) is 5.62. The van der Waals surface area contributed by atoms with Crippen LogP contribution < -0.4 is 0 Å². The first-order valence-electron chi connectivity index (χ1n) is 22.3. The van der Waals surface area contributed by atoms with E-state index >= 15 is 0 Å². The average molecular weight is 640 g/mol. The SMILES string of the molecule is [2H]c1c([2H])c([2H])c2c(-c3cccc(-c4cccc(-n5c(C([2H])([2H])C([2H])([2H])[2H])nc6ccccc65)c4)c3)c3c([2H])c([2H])c([2H])c([2H])c3c(-c3cccc(-c4ccccc4)c3)c2c1[2H]. The maximum Gasteiger partial charge on any atom is 0.114 e. The monoisotopic (exact) mass is 639 g/mol. The molecule has 2 nitrogen and oxygen atoms in total. The Labute approximate surface area is 304 Å². The van der Waals surface area contributed by atoms with Crippen LogP contribution in [0, 0.1) is 0 Å². The van der Waals surface area contributed by atoms with Gasteiger partial charge in [0.2, 0.25) is 0 Å². The highest BCUT2D eigenvalue weighted by Gasteiger charge is 2.18. The molecule has 0 atom stereocenters. The number of para-hydroxylation sites is 2. The Morgan fingerprint density at radius 1 is 0.531 bits per heavy atom. The van der Waals surface area contributed by atoms with Gasteiger partial charge >= 0.3 is 0 Å². The van der Waals surface area contributed by atoms with Crippen LogP contribution in [-0.4, -0.2) is 9.55 Å². The lowest BCUT2D eigenvalue weighted by molar-refractivity contribution is 0.908. The highest BCUT2D eigenvalue weighted by molar-refractivity contribution is 6.21. The number of hydrogen-bond donors (Lipinski definition) is 0. The van der Waals surface area contributed by atoms with Crippen molar-refractivity contribution in [3.63, 3.8) is 0 Å². The van der Waals surface area contributed by atoms with Crippen molar-refractivity contribution in [3.8, 4) is 50.2 Å². The molecular formula is C47H34N2. The lowest BCUT2D eigenvalue weighted by Crippen LogP contribution is -2.00. The number of hydrogen-bond acceptors (Lipinski definition) is 1. The predicted molar refractivity (Wildman–Crippen MR) is 207 cm³/mol. The molecule has 0 aliphatic carbocycles. The van der Waals surface area contributed by atoms with E-state index in [0.29, 0.717) is 39.0 Å². The van der Waals surface area contributed by atoms with E-state index in [2.05, 4.69) is 4.98 Å². The van der Waals surface area contributed by atoms with Gasteiger partial charge in [-0.3, -0.25) is 4.57 Å². The molecule has 1 heterocycles. The summed E-state index contributed by atoms with van der Waals surface area (Å²) < 4.78 is 116. The summed E-state index contributed by atoms with van der Waals surface area (Å²) in [5.74, 6) is -0.291. The van der Waals surface area contributed by atoms with Crippen LogP contribution >= 0.6 is 0 Å². The van der Waals surface area contributed by atoms with Crippen LogP contribution in [0.4, 0.5) is 0 Å². The summed E-state index contributed by atoms with van der Waals surface area (Å²) in [5, 5.41) is 0.371. The van der Waals surface area contributed by atoms with Gasteiger partial charge in [-0.25, -0.2) is 4.98 Å². The number of nitrogens with zero attached hydrogens (tertiary/aromatic N) is 2. The van der Waals surface area contributed by atoms with Gasteiger partial charge in [0.1, 0.15) is 5.82 Å². The number of imidazole rings is 1. The van der Waals surface area contributed by atoms with E-state index in [0.717, 1.165) is 11.1 Å². The first-order chi connectivity index (χ1) is 29.5. The molecule has 0 saturated heterocycles. The summed E-state index contributed by atoms with van der Waals surface area (Å²) in [7, 11) is 0. The molecule has 0 aliphatic rings. The molecule has 1 aromatic heterocycles. The number of aromatic nitrogens is 2. The van der Waals surface area contributed by atoms with Gasteiger partial charge in [-0.15, -0.1) is 0 Å². The minimum atomic E-state index is -3.03. The molecule has 8 aromatic carbocycles. The van der Waals surface area contributed by atoms with Crippen molar-refractivity contribution in [1.82, 2.24) is 9.55 Å². The maximum absolute atomic E-state index is 9.39. The van der Waals surface area contributed by atoms with Crippen LogP contribution in [0.25, 0.3) is 82.8 Å². The van der Waals surface area contributed by atoms with Crippen LogP contribution in [-0.2, 0) is 6.37 Å². The highest BCUT2D eigenvalue weighted by Crippen LogP contribution is 2.44. The van der Waals surface area contributed by atoms with Crippen LogP contribution in [0.1, 0.15) is 30.5 Å². The Balaban J connectivity index is 1.34. The quantitative estimate of drug-likeness (QED) is 0.166. The molecule has 0 radical (unpaired) electrons. The van der Waals surface area contributed by atoms with Crippen LogP contribution in [0.5, 0.6) is 0 Å². The molecule has 0 N–H and O–H groups in total.